The Hall–Kier alpha value is -3.29. The normalized spacial score (nSPS) is 12.1. The van der Waals surface area contributed by atoms with E-state index in [1.54, 1.807) is 6.07 Å². The molecule has 0 radical (unpaired) electrons. The molecule has 2 heterocycles. The SMILES string of the molecule is CC(=O)c1ccc(N[C@@H](C)c2nnc3ccccn23)c([N+](=O)[O-])c1. The van der Waals surface area contributed by atoms with Crippen LogP contribution in [0, 0.1) is 10.1 Å². The third kappa shape index (κ3) is 2.81. The van der Waals surface area contributed by atoms with Crippen molar-refractivity contribution < 1.29 is 9.72 Å². The van der Waals surface area contributed by atoms with E-state index < -0.39 is 4.92 Å². The summed E-state index contributed by atoms with van der Waals surface area (Å²) in [5.41, 5.74) is 1.17. The van der Waals surface area contributed by atoms with Gasteiger partial charge < -0.3 is 5.32 Å². The fourth-order valence-corrected chi connectivity index (χ4v) is 2.48. The second-order valence-corrected chi connectivity index (χ2v) is 5.40. The molecule has 3 aromatic rings. The van der Waals surface area contributed by atoms with E-state index in [2.05, 4.69) is 15.5 Å². The molecule has 8 heteroatoms. The van der Waals surface area contributed by atoms with E-state index in [-0.39, 0.29) is 17.5 Å². The van der Waals surface area contributed by atoms with Crippen molar-refractivity contribution in [3.05, 3.63) is 64.1 Å². The van der Waals surface area contributed by atoms with E-state index in [1.165, 1.54) is 19.1 Å². The van der Waals surface area contributed by atoms with E-state index in [1.807, 2.05) is 35.7 Å². The van der Waals surface area contributed by atoms with E-state index in [0.29, 0.717) is 22.7 Å². The molecular formula is C16H15N5O3. The highest BCUT2D eigenvalue weighted by molar-refractivity contribution is 5.95. The molecular weight excluding hydrogens is 310 g/mol. The number of fused-ring (bicyclic) bond motifs is 1. The van der Waals surface area contributed by atoms with Crippen LogP contribution in [-0.4, -0.2) is 25.3 Å². The van der Waals surface area contributed by atoms with Gasteiger partial charge in [-0.1, -0.05) is 6.07 Å². The molecule has 0 aliphatic rings. The van der Waals surface area contributed by atoms with E-state index in [0.717, 1.165) is 0 Å². The van der Waals surface area contributed by atoms with Crippen molar-refractivity contribution >= 4 is 22.8 Å². The number of hydrogen-bond acceptors (Lipinski definition) is 6. The molecule has 0 saturated heterocycles. The molecule has 8 nitrogen and oxygen atoms in total. The maximum absolute atomic E-state index is 11.4. The third-order valence-electron chi connectivity index (χ3n) is 3.70. The average molecular weight is 325 g/mol. The van der Waals surface area contributed by atoms with E-state index in [9.17, 15) is 14.9 Å². The molecule has 24 heavy (non-hydrogen) atoms. The summed E-state index contributed by atoms with van der Waals surface area (Å²) in [5, 5.41) is 22.6. The highest BCUT2D eigenvalue weighted by Crippen LogP contribution is 2.29. The van der Waals surface area contributed by atoms with Crippen molar-refractivity contribution in [1.29, 1.82) is 0 Å². The van der Waals surface area contributed by atoms with Gasteiger partial charge in [0.1, 0.15) is 5.69 Å². The highest BCUT2D eigenvalue weighted by Gasteiger charge is 2.20. The highest BCUT2D eigenvalue weighted by atomic mass is 16.6. The molecule has 0 unspecified atom stereocenters. The molecule has 0 fully saturated rings. The number of nitrogens with one attached hydrogen (secondary N) is 1. The third-order valence-corrected chi connectivity index (χ3v) is 3.70. The van der Waals surface area contributed by atoms with Crippen molar-refractivity contribution in [2.75, 3.05) is 5.32 Å². The molecule has 2 aromatic heterocycles. The Balaban J connectivity index is 1.95. The van der Waals surface area contributed by atoms with Crippen molar-refractivity contribution in [3.63, 3.8) is 0 Å². The van der Waals surface area contributed by atoms with Gasteiger partial charge in [-0.05, 0) is 38.1 Å². The maximum atomic E-state index is 11.4. The number of benzene rings is 1. The number of hydrogen-bond donors (Lipinski definition) is 1. The summed E-state index contributed by atoms with van der Waals surface area (Å²) in [5.74, 6) is 0.414. The summed E-state index contributed by atoms with van der Waals surface area (Å²) in [7, 11) is 0. The van der Waals surface area contributed by atoms with Gasteiger partial charge in [-0.15, -0.1) is 10.2 Å². The lowest BCUT2D eigenvalue weighted by atomic mass is 10.1. The van der Waals surface area contributed by atoms with Gasteiger partial charge in [0.25, 0.3) is 5.69 Å². The van der Waals surface area contributed by atoms with Gasteiger partial charge in [0, 0.05) is 17.8 Å². The zero-order valence-electron chi connectivity index (χ0n) is 13.1. The average Bonchev–Trinajstić information content (AvgIpc) is 2.98. The van der Waals surface area contributed by atoms with Gasteiger partial charge in [-0.3, -0.25) is 19.3 Å². The minimum atomic E-state index is -0.511. The number of nitro groups is 1. The Morgan fingerprint density at radius 2 is 2.08 bits per heavy atom. The largest absolute Gasteiger partial charge is 0.370 e. The first-order valence-electron chi connectivity index (χ1n) is 7.33. The lowest BCUT2D eigenvalue weighted by Crippen LogP contribution is -2.12. The zero-order valence-corrected chi connectivity index (χ0v) is 13.1. The lowest BCUT2D eigenvalue weighted by Gasteiger charge is -2.14. The van der Waals surface area contributed by atoms with Crippen LogP contribution >= 0.6 is 0 Å². The fraction of sp³-hybridized carbons (Fsp3) is 0.188. The number of aromatic nitrogens is 3. The minimum absolute atomic E-state index is 0.150. The number of ketones is 1. The predicted molar refractivity (Wildman–Crippen MR) is 88.1 cm³/mol. The Morgan fingerprint density at radius 1 is 1.29 bits per heavy atom. The monoisotopic (exact) mass is 325 g/mol. The van der Waals surface area contributed by atoms with Crippen molar-refractivity contribution in [3.8, 4) is 0 Å². The first-order chi connectivity index (χ1) is 11.5. The number of Topliss-reactive ketones (excluding diaryl/α,β-unsaturated/α-hetero) is 1. The Morgan fingerprint density at radius 3 is 2.79 bits per heavy atom. The van der Waals surface area contributed by atoms with E-state index in [4.69, 9.17) is 0 Å². The van der Waals surface area contributed by atoms with Crippen LogP contribution in [0.5, 0.6) is 0 Å². The summed E-state index contributed by atoms with van der Waals surface area (Å²) in [4.78, 5) is 22.2. The Labute approximate surface area is 137 Å². The van der Waals surface area contributed by atoms with Crippen LogP contribution < -0.4 is 5.32 Å². The topological polar surface area (TPSA) is 102 Å². The number of carbonyl (C=O) groups excluding carboxylic acids is 1. The predicted octanol–water partition coefficient (Wildman–Crippen LogP) is 3.01. The Bertz CT molecular complexity index is 934. The summed E-state index contributed by atoms with van der Waals surface area (Å²) >= 11 is 0. The number of carbonyl (C=O) groups is 1. The van der Waals surface area contributed by atoms with Crippen molar-refractivity contribution in [2.24, 2.45) is 0 Å². The first-order valence-corrected chi connectivity index (χ1v) is 7.33. The molecule has 0 spiro atoms. The van der Waals surface area contributed by atoms with Gasteiger partial charge in [-0.2, -0.15) is 0 Å². The van der Waals surface area contributed by atoms with Crippen LogP contribution in [0.25, 0.3) is 5.65 Å². The molecule has 1 atom stereocenters. The van der Waals surface area contributed by atoms with E-state index >= 15 is 0 Å². The Kier molecular flexibility index (Phi) is 3.95. The van der Waals surface area contributed by atoms with Crippen LogP contribution in [0.15, 0.2) is 42.6 Å². The molecule has 0 aliphatic carbocycles. The molecule has 122 valence electrons. The molecule has 0 amide bonds. The van der Waals surface area contributed by atoms with Crippen LogP contribution in [-0.2, 0) is 0 Å². The van der Waals surface area contributed by atoms with Crippen LogP contribution in [0.3, 0.4) is 0 Å². The molecule has 0 aliphatic heterocycles. The van der Waals surface area contributed by atoms with Crippen LogP contribution in [0.2, 0.25) is 0 Å². The van der Waals surface area contributed by atoms with Crippen molar-refractivity contribution in [2.45, 2.75) is 19.9 Å². The standard InChI is InChI=1S/C16H15N5O3/c1-10(16-19-18-15-5-3-4-8-20(15)16)17-13-7-6-12(11(2)22)9-14(13)21(23)24/h3-10,17H,1-2H3/t10-/m0/s1. The minimum Gasteiger partial charge on any atom is -0.370 e. The zero-order chi connectivity index (χ0) is 17.3. The maximum Gasteiger partial charge on any atom is 0.293 e. The number of nitrogens with zero attached hydrogens (tertiary/aromatic N) is 4. The van der Waals surface area contributed by atoms with Gasteiger partial charge in [-0.25, -0.2) is 0 Å². The fourth-order valence-electron chi connectivity index (χ4n) is 2.48. The van der Waals surface area contributed by atoms with Gasteiger partial charge >= 0.3 is 0 Å². The quantitative estimate of drug-likeness (QED) is 0.439. The molecule has 1 N–H and O–H groups in total. The molecule has 0 saturated carbocycles. The number of pyridine rings is 1. The van der Waals surface area contributed by atoms with Crippen molar-refractivity contribution in [1.82, 2.24) is 14.6 Å². The van der Waals surface area contributed by atoms with Gasteiger partial charge in [0.05, 0.1) is 11.0 Å². The number of anilines is 1. The number of rotatable bonds is 5. The summed E-state index contributed by atoms with van der Waals surface area (Å²) < 4.78 is 1.81. The molecule has 1 aromatic carbocycles. The van der Waals surface area contributed by atoms with Crippen LogP contribution in [0.1, 0.15) is 36.1 Å². The second kappa shape index (κ2) is 6.07. The molecule has 3 rings (SSSR count). The summed E-state index contributed by atoms with van der Waals surface area (Å²) in [6, 6.07) is 9.60. The smallest absolute Gasteiger partial charge is 0.293 e. The summed E-state index contributed by atoms with van der Waals surface area (Å²) in [6.45, 7) is 3.21. The van der Waals surface area contributed by atoms with Crippen LogP contribution in [0.4, 0.5) is 11.4 Å². The second-order valence-electron chi connectivity index (χ2n) is 5.40. The van der Waals surface area contributed by atoms with Gasteiger partial charge in [0.15, 0.2) is 17.3 Å². The molecule has 0 bridgehead atoms. The lowest BCUT2D eigenvalue weighted by molar-refractivity contribution is -0.384. The first kappa shape index (κ1) is 15.6. The summed E-state index contributed by atoms with van der Waals surface area (Å²) in [6.07, 6.45) is 1.83. The van der Waals surface area contributed by atoms with Gasteiger partial charge in [0.2, 0.25) is 0 Å². The number of nitro benzene ring substituents is 1.